The summed E-state index contributed by atoms with van der Waals surface area (Å²) in [5, 5.41) is 2.94. The Kier molecular flexibility index (Phi) is 4.85. The van der Waals surface area contributed by atoms with Crippen molar-refractivity contribution in [2.45, 2.75) is 22.8 Å². The normalized spacial score (nSPS) is 12.7. The Labute approximate surface area is 134 Å². The van der Waals surface area contributed by atoms with Crippen molar-refractivity contribution in [2.75, 3.05) is 5.32 Å². The fourth-order valence-electron chi connectivity index (χ4n) is 1.74. The van der Waals surface area contributed by atoms with Crippen LogP contribution in [0.25, 0.3) is 0 Å². The Morgan fingerprint density at radius 1 is 1.14 bits per heavy atom. The first kappa shape index (κ1) is 16.5. The first-order chi connectivity index (χ1) is 10.3. The number of amides is 1. The highest BCUT2D eigenvalue weighted by molar-refractivity contribution is 7.91. The molecule has 1 amide bonds. The van der Waals surface area contributed by atoms with Gasteiger partial charge in [0.15, 0.2) is 0 Å². The first-order valence-corrected chi connectivity index (χ1v) is 8.34. The highest BCUT2D eigenvalue weighted by Crippen LogP contribution is 2.24. The van der Waals surface area contributed by atoms with Crippen LogP contribution in [0, 0.1) is 0 Å². The van der Waals surface area contributed by atoms with E-state index in [-0.39, 0.29) is 15.7 Å². The zero-order valence-electron chi connectivity index (χ0n) is 11.8. The number of nitrogens with one attached hydrogen (secondary N) is 1. The first-order valence-electron chi connectivity index (χ1n) is 6.48. The maximum atomic E-state index is 12.5. The lowest BCUT2D eigenvalue weighted by atomic mass is 10.3. The molecule has 0 fully saturated rings. The molecule has 0 saturated heterocycles. The number of sulfone groups is 1. The molecule has 3 N–H and O–H groups in total. The molecule has 0 spiro atoms. The molecule has 22 heavy (non-hydrogen) atoms. The Balaban J connectivity index is 2.28. The largest absolute Gasteiger partial charge is 0.325 e. The standard InChI is InChI=1S/C15H15ClN2O3S/c1-10(17)15(19)18-12-5-7-13(8-6-12)22(20,21)14-4-2-3-11(16)9-14/h2-10H,17H2,1H3,(H,18,19). The fourth-order valence-corrected chi connectivity index (χ4v) is 3.31. The summed E-state index contributed by atoms with van der Waals surface area (Å²) in [6.45, 7) is 1.56. The summed E-state index contributed by atoms with van der Waals surface area (Å²) < 4.78 is 24.9. The number of benzene rings is 2. The van der Waals surface area contributed by atoms with Crippen molar-refractivity contribution in [2.24, 2.45) is 5.73 Å². The molecular weight excluding hydrogens is 324 g/mol. The van der Waals surface area contributed by atoms with Crippen molar-refractivity contribution >= 4 is 33.0 Å². The third-order valence-corrected chi connectivity index (χ3v) is 4.95. The lowest BCUT2D eigenvalue weighted by Crippen LogP contribution is -2.32. The lowest BCUT2D eigenvalue weighted by molar-refractivity contribution is -0.117. The Hall–Kier alpha value is -1.89. The van der Waals surface area contributed by atoms with Crippen LogP contribution in [0.1, 0.15) is 6.92 Å². The van der Waals surface area contributed by atoms with Crippen LogP contribution in [-0.2, 0) is 14.6 Å². The van der Waals surface area contributed by atoms with Crippen molar-refractivity contribution in [1.29, 1.82) is 0 Å². The van der Waals surface area contributed by atoms with Gasteiger partial charge in [-0.05, 0) is 49.4 Å². The van der Waals surface area contributed by atoms with Gasteiger partial charge in [0.25, 0.3) is 0 Å². The molecule has 116 valence electrons. The number of carbonyl (C=O) groups is 1. The van der Waals surface area contributed by atoms with Gasteiger partial charge < -0.3 is 11.1 Å². The van der Waals surface area contributed by atoms with Crippen molar-refractivity contribution < 1.29 is 13.2 Å². The third kappa shape index (κ3) is 3.65. The van der Waals surface area contributed by atoms with Crippen molar-refractivity contribution in [1.82, 2.24) is 0 Å². The van der Waals surface area contributed by atoms with E-state index in [1.54, 1.807) is 19.1 Å². The van der Waals surface area contributed by atoms with Gasteiger partial charge in [0.1, 0.15) is 0 Å². The van der Waals surface area contributed by atoms with Crippen LogP contribution in [0.4, 0.5) is 5.69 Å². The molecule has 0 bridgehead atoms. The summed E-state index contributed by atoms with van der Waals surface area (Å²) in [5.41, 5.74) is 5.93. The quantitative estimate of drug-likeness (QED) is 0.896. The van der Waals surface area contributed by atoms with Gasteiger partial charge >= 0.3 is 0 Å². The predicted molar refractivity (Wildman–Crippen MR) is 85.6 cm³/mol. The van der Waals surface area contributed by atoms with Gasteiger partial charge in [-0.2, -0.15) is 0 Å². The molecule has 0 aliphatic rings. The molecule has 1 atom stereocenters. The predicted octanol–water partition coefficient (Wildman–Crippen LogP) is 2.46. The minimum atomic E-state index is -3.64. The van der Waals surface area contributed by atoms with Crippen molar-refractivity contribution in [3.05, 3.63) is 53.6 Å². The topological polar surface area (TPSA) is 89.3 Å². The third-order valence-electron chi connectivity index (χ3n) is 2.95. The summed E-state index contributed by atoms with van der Waals surface area (Å²) in [6.07, 6.45) is 0. The number of hydrogen-bond acceptors (Lipinski definition) is 4. The molecule has 0 aliphatic carbocycles. The molecule has 0 saturated carbocycles. The molecule has 2 rings (SSSR count). The number of nitrogens with two attached hydrogens (primary N) is 1. The van der Waals surface area contributed by atoms with E-state index in [2.05, 4.69) is 5.32 Å². The number of anilines is 1. The van der Waals surface area contributed by atoms with Gasteiger partial charge in [-0.25, -0.2) is 8.42 Å². The summed E-state index contributed by atoms with van der Waals surface area (Å²) in [6, 6.07) is 11.3. The van der Waals surface area contributed by atoms with Gasteiger partial charge in [-0.15, -0.1) is 0 Å². The van der Waals surface area contributed by atoms with Gasteiger partial charge in [-0.1, -0.05) is 17.7 Å². The maximum Gasteiger partial charge on any atom is 0.240 e. The van der Waals surface area contributed by atoms with Gasteiger partial charge in [0, 0.05) is 10.7 Å². The zero-order chi connectivity index (χ0) is 16.3. The highest BCUT2D eigenvalue weighted by atomic mass is 35.5. The number of carbonyl (C=O) groups excluding carboxylic acids is 1. The van der Waals surface area contributed by atoms with E-state index in [4.69, 9.17) is 17.3 Å². The smallest absolute Gasteiger partial charge is 0.240 e. The van der Waals surface area contributed by atoms with Crippen LogP contribution in [-0.4, -0.2) is 20.4 Å². The van der Waals surface area contributed by atoms with Crippen LogP contribution >= 0.6 is 11.6 Å². The van der Waals surface area contributed by atoms with Crippen LogP contribution in [0.2, 0.25) is 5.02 Å². The monoisotopic (exact) mass is 338 g/mol. The average molecular weight is 339 g/mol. The molecule has 7 heteroatoms. The SMILES string of the molecule is CC(N)C(=O)Nc1ccc(S(=O)(=O)c2cccc(Cl)c2)cc1. The molecule has 0 aliphatic heterocycles. The Bertz CT molecular complexity index is 787. The molecule has 0 aromatic heterocycles. The molecular formula is C15H15ClN2O3S. The zero-order valence-corrected chi connectivity index (χ0v) is 13.4. The Morgan fingerprint density at radius 2 is 1.77 bits per heavy atom. The minimum Gasteiger partial charge on any atom is -0.325 e. The van der Waals surface area contributed by atoms with Crippen molar-refractivity contribution in [3.63, 3.8) is 0 Å². The number of halogens is 1. The number of rotatable bonds is 4. The number of hydrogen-bond donors (Lipinski definition) is 2. The van der Waals surface area contributed by atoms with Crippen LogP contribution in [0.3, 0.4) is 0 Å². The second-order valence-corrected chi connectivity index (χ2v) is 7.15. The summed E-state index contributed by atoms with van der Waals surface area (Å²) in [5.74, 6) is -0.342. The van der Waals surface area contributed by atoms with Crippen LogP contribution in [0.15, 0.2) is 58.3 Å². The second kappa shape index (κ2) is 6.48. The Morgan fingerprint density at radius 3 is 2.32 bits per heavy atom. The van der Waals surface area contributed by atoms with E-state index in [0.717, 1.165) is 0 Å². The lowest BCUT2D eigenvalue weighted by Gasteiger charge is -2.09. The van der Waals surface area contributed by atoms with E-state index in [1.165, 1.54) is 36.4 Å². The van der Waals surface area contributed by atoms with E-state index in [9.17, 15) is 13.2 Å². The summed E-state index contributed by atoms with van der Waals surface area (Å²) in [4.78, 5) is 11.7. The van der Waals surface area contributed by atoms with Crippen molar-refractivity contribution in [3.8, 4) is 0 Å². The van der Waals surface area contributed by atoms with E-state index in [1.807, 2.05) is 0 Å². The van der Waals surface area contributed by atoms with Crippen LogP contribution < -0.4 is 11.1 Å². The molecule has 0 radical (unpaired) electrons. The van der Waals surface area contributed by atoms with Gasteiger partial charge in [0.2, 0.25) is 15.7 Å². The van der Waals surface area contributed by atoms with E-state index >= 15 is 0 Å². The molecule has 0 heterocycles. The van der Waals surface area contributed by atoms with Gasteiger partial charge in [0.05, 0.1) is 15.8 Å². The molecule has 2 aromatic carbocycles. The minimum absolute atomic E-state index is 0.118. The van der Waals surface area contributed by atoms with E-state index < -0.39 is 15.9 Å². The highest BCUT2D eigenvalue weighted by Gasteiger charge is 2.18. The van der Waals surface area contributed by atoms with Gasteiger partial charge in [-0.3, -0.25) is 4.79 Å². The maximum absolute atomic E-state index is 12.5. The molecule has 5 nitrogen and oxygen atoms in total. The van der Waals surface area contributed by atoms with E-state index in [0.29, 0.717) is 10.7 Å². The molecule has 1 unspecified atom stereocenters. The summed E-state index contributed by atoms with van der Waals surface area (Å²) in [7, 11) is -3.64. The second-order valence-electron chi connectivity index (χ2n) is 4.76. The average Bonchev–Trinajstić information content (AvgIpc) is 2.47. The molecule has 2 aromatic rings. The fraction of sp³-hybridized carbons (Fsp3) is 0.133. The van der Waals surface area contributed by atoms with Crippen LogP contribution in [0.5, 0.6) is 0 Å². The summed E-state index contributed by atoms with van der Waals surface area (Å²) >= 11 is 5.83.